The van der Waals surface area contributed by atoms with Crippen molar-refractivity contribution in [2.45, 2.75) is 51.4 Å². The summed E-state index contributed by atoms with van der Waals surface area (Å²) in [6, 6.07) is 0. The molecular formula is C24H38Cl2N6O2S2. The molecule has 0 aliphatic carbocycles. The van der Waals surface area contributed by atoms with Crippen molar-refractivity contribution in [2.24, 2.45) is 0 Å². The minimum atomic E-state index is 0. The van der Waals surface area contributed by atoms with Crippen molar-refractivity contribution < 1.29 is 44.1 Å². The van der Waals surface area contributed by atoms with Gasteiger partial charge in [0.05, 0.1) is 63.9 Å². The molecule has 0 spiro atoms. The van der Waals surface area contributed by atoms with E-state index in [9.17, 15) is 0 Å². The molecule has 12 heteroatoms. The van der Waals surface area contributed by atoms with Crippen LogP contribution in [0.4, 0.5) is 0 Å². The lowest BCUT2D eigenvalue weighted by Gasteiger charge is -2.19. The van der Waals surface area contributed by atoms with Crippen molar-refractivity contribution >= 4 is 34.6 Å². The van der Waals surface area contributed by atoms with Crippen LogP contribution in [0.15, 0.2) is 12.2 Å². The highest BCUT2D eigenvalue weighted by atomic mass is 35.5. The lowest BCUT2D eigenvalue weighted by molar-refractivity contribution is -0.872. The van der Waals surface area contributed by atoms with Crippen LogP contribution in [0.25, 0.3) is 11.1 Å². The fourth-order valence-electron chi connectivity index (χ4n) is 4.51. The van der Waals surface area contributed by atoms with E-state index in [4.69, 9.17) is 9.47 Å². The zero-order valence-corrected chi connectivity index (χ0v) is 24.4. The SMILES string of the molecule is C[NH+]1CCC=C(c2nsnc2OCCCCCCCCOc2nsnc2C2=CCC[NH+](C)C2)C1.[Cl-].[Cl-]. The number of likely N-dealkylation sites (N-methyl/N-ethyl adjacent to an activating group) is 2. The van der Waals surface area contributed by atoms with Crippen molar-refractivity contribution in [3.05, 3.63) is 23.5 Å². The average Bonchev–Trinajstić information content (AvgIpc) is 3.50. The summed E-state index contributed by atoms with van der Waals surface area (Å²) >= 11 is 2.50. The quantitative estimate of drug-likeness (QED) is 0.235. The van der Waals surface area contributed by atoms with E-state index in [1.807, 2.05) is 0 Å². The summed E-state index contributed by atoms with van der Waals surface area (Å²) in [5, 5.41) is 0. The number of rotatable bonds is 13. The Morgan fingerprint density at radius 1 is 0.667 bits per heavy atom. The number of ether oxygens (including phenoxy) is 2. The molecule has 0 aromatic carbocycles. The average molecular weight is 578 g/mol. The molecule has 0 saturated carbocycles. The standard InChI is InChI=1S/C24H36N6O2S2.2ClH/c1-29-13-9-11-19(17-29)21-23(27-33-25-21)31-15-7-5-3-4-6-8-16-32-24-22(26-34-28-24)20-12-10-14-30(2)18-20;;/h11-12H,3-10,13-18H2,1-2H3;2*1H. The second-order valence-corrected chi connectivity index (χ2v) is 10.5. The highest BCUT2D eigenvalue weighted by Gasteiger charge is 2.21. The lowest BCUT2D eigenvalue weighted by Crippen LogP contribution is -3.09. The Morgan fingerprint density at radius 2 is 1.08 bits per heavy atom. The lowest BCUT2D eigenvalue weighted by atomic mass is 10.1. The monoisotopic (exact) mass is 576 g/mol. The molecule has 36 heavy (non-hydrogen) atoms. The summed E-state index contributed by atoms with van der Waals surface area (Å²) < 4.78 is 29.7. The Kier molecular flexibility index (Phi) is 14.2. The van der Waals surface area contributed by atoms with E-state index >= 15 is 0 Å². The first kappa shape index (κ1) is 30.9. The molecule has 4 rings (SSSR count). The van der Waals surface area contributed by atoms with Gasteiger partial charge in [0.2, 0.25) is 0 Å². The van der Waals surface area contributed by atoms with Crippen molar-refractivity contribution in [1.82, 2.24) is 17.5 Å². The van der Waals surface area contributed by atoms with Gasteiger partial charge in [0, 0.05) is 24.0 Å². The smallest absolute Gasteiger partial charge is 0.253 e. The van der Waals surface area contributed by atoms with Crippen LogP contribution in [0, 0.1) is 0 Å². The summed E-state index contributed by atoms with van der Waals surface area (Å²) in [4.78, 5) is 3.03. The number of hydrogen-bond donors (Lipinski definition) is 2. The first-order chi connectivity index (χ1) is 16.7. The second kappa shape index (κ2) is 16.5. The Balaban J connectivity index is 0.00000228. The Morgan fingerprint density at radius 3 is 1.50 bits per heavy atom. The number of unbranched alkanes of at least 4 members (excludes halogenated alkanes) is 5. The van der Waals surface area contributed by atoms with E-state index in [0.717, 1.165) is 61.9 Å². The number of aromatic nitrogens is 4. The molecule has 2 unspecified atom stereocenters. The van der Waals surface area contributed by atoms with E-state index < -0.39 is 0 Å². The summed E-state index contributed by atoms with van der Waals surface area (Å²) in [6.45, 7) is 5.80. The van der Waals surface area contributed by atoms with Gasteiger partial charge in [-0.05, 0) is 12.8 Å². The van der Waals surface area contributed by atoms with Crippen LogP contribution in [0.5, 0.6) is 11.8 Å². The third-order valence-electron chi connectivity index (χ3n) is 6.45. The predicted molar refractivity (Wildman–Crippen MR) is 137 cm³/mol. The molecule has 202 valence electrons. The van der Waals surface area contributed by atoms with Crippen LogP contribution in [0.3, 0.4) is 0 Å². The molecule has 0 amide bonds. The molecular weight excluding hydrogens is 539 g/mol. The zero-order chi connectivity index (χ0) is 23.6. The van der Waals surface area contributed by atoms with Gasteiger partial charge in [-0.15, -0.1) is 8.75 Å². The van der Waals surface area contributed by atoms with Gasteiger partial charge in [0.25, 0.3) is 11.8 Å². The number of quaternary nitrogens is 2. The number of halogens is 2. The zero-order valence-electron chi connectivity index (χ0n) is 21.2. The molecule has 2 N–H and O–H groups in total. The summed E-state index contributed by atoms with van der Waals surface area (Å²) in [6.07, 6.45) is 13.7. The largest absolute Gasteiger partial charge is 1.00 e. The molecule has 2 atom stereocenters. The molecule has 0 fully saturated rings. The van der Waals surface area contributed by atoms with Crippen molar-refractivity contribution in [3.63, 3.8) is 0 Å². The van der Waals surface area contributed by atoms with Gasteiger partial charge in [-0.1, -0.05) is 37.8 Å². The van der Waals surface area contributed by atoms with Gasteiger partial charge in [0.1, 0.15) is 24.5 Å². The summed E-state index contributed by atoms with van der Waals surface area (Å²) in [5.41, 5.74) is 4.46. The van der Waals surface area contributed by atoms with Crippen LogP contribution < -0.4 is 44.1 Å². The van der Waals surface area contributed by atoms with E-state index in [-0.39, 0.29) is 24.8 Å². The molecule has 2 aromatic heterocycles. The fraction of sp³-hybridized carbons (Fsp3) is 0.667. The topological polar surface area (TPSA) is 78.9 Å². The van der Waals surface area contributed by atoms with Gasteiger partial charge < -0.3 is 44.1 Å². The van der Waals surface area contributed by atoms with E-state index in [1.54, 1.807) is 0 Å². The van der Waals surface area contributed by atoms with Gasteiger partial charge in [-0.3, -0.25) is 0 Å². The molecule has 2 aromatic rings. The van der Waals surface area contributed by atoms with Gasteiger partial charge >= 0.3 is 0 Å². The summed E-state index contributed by atoms with van der Waals surface area (Å²) in [7, 11) is 4.45. The molecule has 4 heterocycles. The van der Waals surface area contributed by atoms with Crippen LogP contribution in [-0.4, -0.2) is 71.0 Å². The summed E-state index contributed by atoms with van der Waals surface area (Å²) in [5.74, 6) is 1.44. The first-order valence-electron chi connectivity index (χ1n) is 12.6. The maximum absolute atomic E-state index is 5.97. The van der Waals surface area contributed by atoms with E-state index in [2.05, 4.69) is 43.7 Å². The van der Waals surface area contributed by atoms with Crippen LogP contribution in [-0.2, 0) is 0 Å². The third-order valence-corrected chi connectivity index (χ3v) is 7.47. The van der Waals surface area contributed by atoms with Gasteiger partial charge in [-0.25, -0.2) is 0 Å². The van der Waals surface area contributed by atoms with Crippen LogP contribution in [0.2, 0.25) is 0 Å². The number of nitrogens with zero attached hydrogens (tertiary/aromatic N) is 4. The van der Waals surface area contributed by atoms with Crippen molar-refractivity contribution in [2.75, 3.05) is 53.5 Å². The van der Waals surface area contributed by atoms with Gasteiger partial charge in [0.15, 0.2) is 0 Å². The Hall–Kier alpha value is -1.30. The minimum absolute atomic E-state index is 0. The fourth-order valence-corrected chi connectivity index (χ4v) is 5.57. The first-order valence-corrected chi connectivity index (χ1v) is 14.1. The number of nitrogens with one attached hydrogen (secondary N) is 2. The Bertz CT molecular complexity index is 892. The maximum Gasteiger partial charge on any atom is 0.253 e. The van der Waals surface area contributed by atoms with Gasteiger partial charge in [-0.2, -0.15) is 8.75 Å². The van der Waals surface area contributed by atoms with Crippen molar-refractivity contribution in [3.8, 4) is 11.8 Å². The highest BCUT2D eigenvalue weighted by Crippen LogP contribution is 2.25. The minimum Gasteiger partial charge on any atom is -1.00 e. The molecule has 2 aliphatic heterocycles. The predicted octanol–water partition coefficient (Wildman–Crippen LogP) is -4.20. The second-order valence-electron chi connectivity index (χ2n) is 9.46. The van der Waals surface area contributed by atoms with Crippen LogP contribution >= 0.6 is 23.5 Å². The van der Waals surface area contributed by atoms with E-state index in [1.165, 1.54) is 83.2 Å². The molecule has 0 saturated heterocycles. The molecule has 0 bridgehead atoms. The van der Waals surface area contributed by atoms with Crippen molar-refractivity contribution in [1.29, 1.82) is 0 Å². The molecule has 2 aliphatic rings. The number of hydrogen-bond acceptors (Lipinski definition) is 8. The molecule has 0 radical (unpaired) electrons. The van der Waals surface area contributed by atoms with E-state index in [0.29, 0.717) is 13.2 Å². The molecule has 8 nitrogen and oxygen atoms in total. The third kappa shape index (κ3) is 9.22. The Labute approximate surface area is 235 Å². The van der Waals surface area contributed by atoms with Crippen LogP contribution in [0.1, 0.15) is 62.8 Å². The maximum atomic E-state index is 5.97. The highest BCUT2D eigenvalue weighted by molar-refractivity contribution is 6.99. The normalized spacial score (nSPS) is 19.5.